The van der Waals surface area contributed by atoms with Gasteiger partial charge >= 0.3 is 0 Å². The molecule has 5 heteroatoms. The molecule has 1 saturated heterocycles. The Morgan fingerprint density at radius 3 is 2.90 bits per heavy atom. The third-order valence-corrected chi connectivity index (χ3v) is 5.17. The quantitative estimate of drug-likeness (QED) is 0.916. The van der Waals surface area contributed by atoms with Crippen molar-refractivity contribution >= 4 is 5.91 Å². The second-order valence-electron chi connectivity index (χ2n) is 6.52. The fourth-order valence-corrected chi connectivity index (χ4v) is 4.09. The van der Waals surface area contributed by atoms with Gasteiger partial charge in [0.05, 0.1) is 0 Å². The summed E-state index contributed by atoms with van der Waals surface area (Å²) in [6.45, 7) is 4.89. The number of hydrogen-bond donors (Lipinski definition) is 1. The topological polar surface area (TPSA) is 58.1 Å². The first-order valence-corrected chi connectivity index (χ1v) is 7.84. The van der Waals surface area contributed by atoms with E-state index in [9.17, 15) is 4.79 Å². The molecule has 1 aliphatic heterocycles. The van der Waals surface area contributed by atoms with E-state index in [-0.39, 0.29) is 17.2 Å². The van der Waals surface area contributed by atoms with Crippen LogP contribution >= 0.6 is 0 Å². The Hall–Kier alpha value is -1.49. The standard InChI is InChI=1S/C16H24N4O/c1-12-18-8-13(9-19-12)10-20-7-6-16(11-20)5-3-4-14(16)15(21)17-2/h8-9,14H,3-7,10-11H2,1-2H3,(H,17,21)/t14-,16+/m0/s1. The first kappa shape index (κ1) is 14.4. The molecule has 0 bridgehead atoms. The van der Waals surface area contributed by atoms with Crippen LogP contribution in [0.1, 0.15) is 37.1 Å². The molecule has 2 atom stereocenters. The molecule has 0 unspecified atom stereocenters. The van der Waals surface area contributed by atoms with Gasteiger partial charge in [-0.05, 0) is 38.1 Å². The molecule has 1 saturated carbocycles. The number of nitrogens with zero attached hydrogens (tertiary/aromatic N) is 3. The van der Waals surface area contributed by atoms with Crippen LogP contribution in [0.5, 0.6) is 0 Å². The normalized spacial score (nSPS) is 29.1. The maximum Gasteiger partial charge on any atom is 0.223 e. The summed E-state index contributed by atoms with van der Waals surface area (Å²) < 4.78 is 0. The van der Waals surface area contributed by atoms with E-state index in [0.29, 0.717) is 0 Å². The zero-order chi connectivity index (χ0) is 14.9. The van der Waals surface area contributed by atoms with Gasteiger partial charge in [-0.1, -0.05) is 6.42 Å². The Bertz CT molecular complexity index is 516. The molecular weight excluding hydrogens is 264 g/mol. The Morgan fingerprint density at radius 2 is 2.19 bits per heavy atom. The van der Waals surface area contributed by atoms with Crippen LogP contribution in [0.4, 0.5) is 0 Å². The van der Waals surface area contributed by atoms with Crippen LogP contribution in [0.25, 0.3) is 0 Å². The van der Waals surface area contributed by atoms with Crippen LogP contribution in [-0.2, 0) is 11.3 Å². The van der Waals surface area contributed by atoms with Crippen LogP contribution in [0.3, 0.4) is 0 Å². The highest BCUT2D eigenvalue weighted by molar-refractivity contribution is 5.79. The van der Waals surface area contributed by atoms with Crippen molar-refractivity contribution in [2.24, 2.45) is 11.3 Å². The van der Waals surface area contributed by atoms with E-state index in [4.69, 9.17) is 0 Å². The Labute approximate surface area is 126 Å². The van der Waals surface area contributed by atoms with Crippen LogP contribution < -0.4 is 5.32 Å². The van der Waals surface area contributed by atoms with E-state index in [0.717, 1.165) is 43.9 Å². The van der Waals surface area contributed by atoms with Crippen molar-refractivity contribution in [3.05, 3.63) is 23.8 Å². The molecule has 1 aromatic rings. The van der Waals surface area contributed by atoms with Gasteiger partial charge in [0.2, 0.25) is 5.91 Å². The van der Waals surface area contributed by atoms with Gasteiger partial charge in [-0.3, -0.25) is 9.69 Å². The number of likely N-dealkylation sites (tertiary alicyclic amines) is 1. The summed E-state index contributed by atoms with van der Waals surface area (Å²) in [6, 6.07) is 0. The summed E-state index contributed by atoms with van der Waals surface area (Å²) in [5, 5.41) is 2.85. The van der Waals surface area contributed by atoms with E-state index in [2.05, 4.69) is 20.2 Å². The zero-order valence-corrected chi connectivity index (χ0v) is 12.9. The average molecular weight is 288 g/mol. The molecule has 3 rings (SSSR count). The molecule has 0 radical (unpaired) electrons. The number of aromatic nitrogens is 2. The maximum atomic E-state index is 12.1. The van der Waals surface area contributed by atoms with Crippen molar-refractivity contribution < 1.29 is 4.79 Å². The first-order chi connectivity index (χ1) is 10.1. The highest BCUT2D eigenvalue weighted by Gasteiger charge is 2.49. The molecule has 114 valence electrons. The van der Waals surface area contributed by atoms with Crippen molar-refractivity contribution in [2.75, 3.05) is 20.1 Å². The minimum atomic E-state index is 0.196. The fourth-order valence-electron chi connectivity index (χ4n) is 4.09. The van der Waals surface area contributed by atoms with Gasteiger partial charge in [0.25, 0.3) is 0 Å². The molecule has 0 aromatic carbocycles. The van der Waals surface area contributed by atoms with E-state index >= 15 is 0 Å². The lowest BCUT2D eigenvalue weighted by Gasteiger charge is -2.30. The number of rotatable bonds is 3. The summed E-state index contributed by atoms with van der Waals surface area (Å²) in [4.78, 5) is 23.1. The summed E-state index contributed by atoms with van der Waals surface area (Å²) in [5.41, 5.74) is 1.36. The van der Waals surface area contributed by atoms with Crippen molar-refractivity contribution in [3.63, 3.8) is 0 Å². The molecule has 1 spiro atoms. The fraction of sp³-hybridized carbons (Fsp3) is 0.688. The van der Waals surface area contributed by atoms with Gasteiger partial charge in [0, 0.05) is 44.0 Å². The van der Waals surface area contributed by atoms with Crippen molar-refractivity contribution in [1.82, 2.24) is 20.2 Å². The summed E-state index contributed by atoms with van der Waals surface area (Å²) in [7, 11) is 1.75. The molecule has 2 heterocycles. The number of nitrogens with one attached hydrogen (secondary N) is 1. The SMILES string of the molecule is CNC(=O)[C@@H]1CCC[C@]12CCN(Cc1cnc(C)nc1)C2. The van der Waals surface area contributed by atoms with E-state index in [1.807, 2.05) is 19.3 Å². The van der Waals surface area contributed by atoms with Crippen LogP contribution in [0.15, 0.2) is 12.4 Å². The molecule has 1 aromatic heterocycles. The molecule has 5 nitrogen and oxygen atoms in total. The van der Waals surface area contributed by atoms with E-state index in [1.165, 1.54) is 12.8 Å². The molecule has 1 amide bonds. The summed E-state index contributed by atoms with van der Waals surface area (Å²) in [5.74, 6) is 1.24. The van der Waals surface area contributed by atoms with Crippen LogP contribution in [-0.4, -0.2) is 40.9 Å². The third kappa shape index (κ3) is 2.79. The van der Waals surface area contributed by atoms with Crippen LogP contribution in [0, 0.1) is 18.3 Å². The largest absolute Gasteiger partial charge is 0.359 e. The number of hydrogen-bond acceptors (Lipinski definition) is 4. The van der Waals surface area contributed by atoms with Gasteiger partial charge in [-0.15, -0.1) is 0 Å². The van der Waals surface area contributed by atoms with Crippen molar-refractivity contribution in [3.8, 4) is 0 Å². The Kier molecular flexibility index (Phi) is 3.93. The van der Waals surface area contributed by atoms with Gasteiger partial charge < -0.3 is 5.32 Å². The Morgan fingerprint density at radius 1 is 1.43 bits per heavy atom. The third-order valence-electron chi connectivity index (χ3n) is 5.17. The summed E-state index contributed by atoms with van der Waals surface area (Å²) in [6.07, 6.45) is 8.38. The Balaban J connectivity index is 1.67. The number of carbonyl (C=O) groups excluding carboxylic acids is 1. The highest BCUT2D eigenvalue weighted by atomic mass is 16.1. The highest BCUT2D eigenvalue weighted by Crippen LogP contribution is 2.49. The van der Waals surface area contributed by atoms with Gasteiger partial charge in [0.1, 0.15) is 5.82 Å². The minimum absolute atomic E-state index is 0.196. The lowest BCUT2D eigenvalue weighted by atomic mass is 9.76. The number of carbonyl (C=O) groups is 1. The molecular formula is C16H24N4O. The number of amides is 1. The monoisotopic (exact) mass is 288 g/mol. The molecule has 1 aliphatic carbocycles. The predicted molar refractivity (Wildman–Crippen MR) is 80.5 cm³/mol. The molecule has 21 heavy (non-hydrogen) atoms. The van der Waals surface area contributed by atoms with E-state index < -0.39 is 0 Å². The molecule has 1 N–H and O–H groups in total. The maximum absolute atomic E-state index is 12.1. The average Bonchev–Trinajstić information content (AvgIpc) is 3.08. The zero-order valence-electron chi connectivity index (χ0n) is 12.9. The predicted octanol–water partition coefficient (Wildman–Crippen LogP) is 1.52. The van der Waals surface area contributed by atoms with E-state index in [1.54, 1.807) is 7.05 Å². The number of aryl methyl sites for hydroxylation is 1. The lowest BCUT2D eigenvalue weighted by molar-refractivity contribution is -0.127. The minimum Gasteiger partial charge on any atom is -0.359 e. The smallest absolute Gasteiger partial charge is 0.223 e. The van der Waals surface area contributed by atoms with Gasteiger partial charge in [-0.25, -0.2) is 9.97 Å². The van der Waals surface area contributed by atoms with Crippen molar-refractivity contribution in [1.29, 1.82) is 0 Å². The summed E-state index contributed by atoms with van der Waals surface area (Å²) >= 11 is 0. The first-order valence-electron chi connectivity index (χ1n) is 7.84. The van der Waals surface area contributed by atoms with Crippen molar-refractivity contribution in [2.45, 2.75) is 39.2 Å². The second kappa shape index (κ2) is 5.72. The molecule has 2 aliphatic rings. The lowest BCUT2D eigenvalue weighted by Crippen LogP contribution is -2.39. The molecule has 2 fully saturated rings. The van der Waals surface area contributed by atoms with Crippen LogP contribution in [0.2, 0.25) is 0 Å². The second-order valence-corrected chi connectivity index (χ2v) is 6.52. The van der Waals surface area contributed by atoms with Gasteiger partial charge in [-0.2, -0.15) is 0 Å². The van der Waals surface area contributed by atoms with Gasteiger partial charge in [0.15, 0.2) is 0 Å².